The Morgan fingerprint density at radius 1 is 1.08 bits per heavy atom. The topological polar surface area (TPSA) is 82.3 Å². The number of benzene rings is 1. The zero-order valence-electron chi connectivity index (χ0n) is 14.3. The number of nitrogens with one attached hydrogen (secondary N) is 4. The number of carbonyl (C=O) groups excluding carboxylic acids is 2. The first-order chi connectivity index (χ1) is 11.7. The van der Waals surface area contributed by atoms with Crippen molar-refractivity contribution in [3.63, 3.8) is 0 Å². The Hall–Kier alpha value is -1.79. The molecule has 1 aromatic carbocycles. The SMILES string of the molecule is Cl.O=C(NCc1ccccc1)NC1(C(=O)NCC2CNC2)CCCC1. The standard InChI is InChI=1S/C18H26N4O2.ClH/c23-16(20-13-15-10-19-11-15)18(8-4-5-9-18)22-17(24)21-12-14-6-2-1-3-7-14;/h1-3,6-7,15,19H,4-5,8-13H2,(H,20,23)(H2,21,22,24);1H. The summed E-state index contributed by atoms with van der Waals surface area (Å²) >= 11 is 0. The van der Waals surface area contributed by atoms with Gasteiger partial charge in [-0.2, -0.15) is 0 Å². The second kappa shape index (κ2) is 9.06. The molecule has 1 heterocycles. The van der Waals surface area contributed by atoms with Crippen LogP contribution in [0.4, 0.5) is 4.79 Å². The molecule has 0 atom stereocenters. The Bertz CT molecular complexity index is 572. The predicted octanol–water partition coefficient (Wildman–Crippen LogP) is 1.56. The van der Waals surface area contributed by atoms with Crippen LogP contribution in [0.3, 0.4) is 0 Å². The summed E-state index contributed by atoms with van der Waals surface area (Å²) in [5.41, 5.74) is 0.285. The van der Waals surface area contributed by atoms with Crippen molar-refractivity contribution < 1.29 is 9.59 Å². The quantitative estimate of drug-likeness (QED) is 0.616. The maximum Gasteiger partial charge on any atom is 0.315 e. The number of hydrogen-bond donors (Lipinski definition) is 4. The first kappa shape index (κ1) is 19.5. The van der Waals surface area contributed by atoms with E-state index in [-0.39, 0.29) is 24.3 Å². The van der Waals surface area contributed by atoms with Gasteiger partial charge >= 0.3 is 6.03 Å². The highest BCUT2D eigenvalue weighted by atomic mass is 35.5. The molecule has 0 unspecified atom stereocenters. The van der Waals surface area contributed by atoms with Gasteiger partial charge in [0.05, 0.1) is 0 Å². The molecule has 3 amide bonds. The lowest BCUT2D eigenvalue weighted by Crippen LogP contribution is -2.60. The molecule has 1 aliphatic heterocycles. The normalized spacial score (nSPS) is 18.6. The van der Waals surface area contributed by atoms with Crippen molar-refractivity contribution in [2.45, 2.75) is 37.8 Å². The van der Waals surface area contributed by atoms with E-state index in [1.165, 1.54) is 0 Å². The van der Waals surface area contributed by atoms with Gasteiger partial charge in [-0.1, -0.05) is 43.2 Å². The second-order valence-electron chi connectivity index (χ2n) is 6.82. The molecule has 0 bridgehead atoms. The Kier molecular flexibility index (Phi) is 7.08. The fraction of sp³-hybridized carbons (Fsp3) is 0.556. The van der Waals surface area contributed by atoms with Gasteiger partial charge in [0.15, 0.2) is 0 Å². The fourth-order valence-electron chi connectivity index (χ4n) is 3.33. The Labute approximate surface area is 154 Å². The number of rotatable bonds is 6. The van der Waals surface area contributed by atoms with Gasteiger partial charge in [0, 0.05) is 32.1 Å². The van der Waals surface area contributed by atoms with E-state index >= 15 is 0 Å². The minimum atomic E-state index is -0.752. The van der Waals surface area contributed by atoms with Crippen LogP contribution >= 0.6 is 12.4 Å². The van der Waals surface area contributed by atoms with Crippen molar-refractivity contribution >= 4 is 24.3 Å². The first-order valence-electron chi connectivity index (χ1n) is 8.77. The van der Waals surface area contributed by atoms with Gasteiger partial charge in [-0.05, 0) is 18.4 Å². The van der Waals surface area contributed by atoms with Gasteiger partial charge in [0.1, 0.15) is 5.54 Å². The van der Waals surface area contributed by atoms with Crippen molar-refractivity contribution in [3.05, 3.63) is 35.9 Å². The number of halogens is 1. The molecule has 0 radical (unpaired) electrons. The second-order valence-corrected chi connectivity index (χ2v) is 6.82. The van der Waals surface area contributed by atoms with Crippen LogP contribution in [-0.4, -0.2) is 37.1 Å². The first-order valence-corrected chi connectivity index (χ1v) is 8.77. The van der Waals surface area contributed by atoms with Gasteiger partial charge in [-0.3, -0.25) is 4.79 Å². The Morgan fingerprint density at radius 2 is 1.76 bits per heavy atom. The molecule has 25 heavy (non-hydrogen) atoms. The summed E-state index contributed by atoms with van der Waals surface area (Å²) in [6, 6.07) is 9.47. The molecular formula is C18H27ClN4O2. The summed E-state index contributed by atoms with van der Waals surface area (Å²) in [4.78, 5) is 24.9. The molecule has 1 aromatic rings. The summed E-state index contributed by atoms with van der Waals surface area (Å²) in [6.07, 6.45) is 3.36. The van der Waals surface area contributed by atoms with Gasteiger partial charge in [0.2, 0.25) is 5.91 Å². The lowest BCUT2D eigenvalue weighted by molar-refractivity contribution is -0.127. The molecule has 7 heteroatoms. The molecule has 1 saturated carbocycles. The van der Waals surface area contributed by atoms with Gasteiger partial charge in [-0.25, -0.2) is 4.79 Å². The average Bonchev–Trinajstić information content (AvgIpc) is 3.02. The lowest BCUT2D eigenvalue weighted by atomic mass is 9.95. The van der Waals surface area contributed by atoms with Crippen LogP contribution < -0.4 is 21.3 Å². The van der Waals surface area contributed by atoms with Crippen LogP contribution in [-0.2, 0) is 11.3 Å². The number of amides is 3. The molecule has 0 spiro atoms. The van der Waals surface area contributed by atoms with Crippen molar-refractivity contribution in [2.24, 2.45) is 5.92 Å². The predicted molar refractivity (Wildman–Crippen MR) is 99.6 cm³/mol. The highest BCUT2D eigenvalue weighted by molar-refractivity contribution is 5.91. The van der Waals surface area contributed by atoms with E-state index in [0.29, 0.717) is 31.8 Å². The van der Waals surface area contributed by atoms with Crippen molar-refractivity contribution in [2.75, 3.05) is 19.6 Å². The molecule has 4 N–H and O–H groups in total. The molecular weight excluding hydrogens is 340 g/mol. The van der Waals surface area contributed by atoms with Crippen LogP contribution in [0, 0.1) is 5.92 Å². The number of urea groups is 1. The van der Waals surface area contributed by atoms with E-state index in [1.54, 1.807) is 0 Å². The summed E-state index contributed by atoms with van der Waals surface area (Å²) in [5, 5.41) is 12.0. The van der Waals surface area contributed by atoms with E-state index in [1.807, 2.05) is 30.3 Å². The largest absolute Gasteiger partial charge is 0.354 e. The van der Waals surface area contributed by atoms with Gasteiger partial charge in [0.25, 0.3) is 0 Å². The minimum Gasteiger partial charge on any atom is -0.354 e. The zero-order chi connectivity index (χ0) is 16.8. The third-order valence-electron chi connectivity index (χ3n) is 4.96. The molecule has 6 nitrogen and oxygen atoms in total. The molecule has 0 aromatic heterocycles. The average molecular weight is 367 g/mol. The van der Waals surface area contributed by atoms with Gasteiger partial charge in [-0.15, -0.1) is 12.4 Å². The molecule has 1 aliphatic carbocycles. The van der Waals surface area contributed by atoms with Crippen molar-refractivity contribution in [3.8, 4) is 0 Å². The maximum absolute atomic E-state index is 12.6. The molecule has 1 saturated heterocycles. The van der Waals surface area contributed by atoms with Crippen molar-refractivity contribution in [1.29, 1.82) is 0 Å². The van der Waals surface area contributed by atoms with E-state index in [0.717, 1.165) is 31.5 Å². The molecule has 2 aliphatic rings. The zero-order valence-corrected chi connectivity index (χ0v) is 15.2. The monoisotopic (exact) mass is 366 g/mol. The summed E-state index contributed by atoms with van der Waals surface area (Å²) < 4.78 is 0. The smallest absolute Gasteiger partial charge is 0.315 e. The van der Waals surface area contributed by atoms with Crippen LogP contribution in [0.1, 0.15) is 31.2 Å². The summed E-state index contributed by atoms with van der Waals surface area (Å²) in [7, 11) is 0. The van der Waals surface area contributed by atoms with Crippen molar-refractivity contribution in [1.82, 2.24) is 21.3 Å². The van der Waals surface area contributed by atoms with Crippen LogP contribution in [0.15, 0.2) is 30.3 Å². The molecule has 3 rings (SSSR count). The van der Waals surface area contributed by atoms with Crippen LogP contribution in [0.5, 0.6) is 0 Å². The van der Waals surface area contributed by atoms with E-state index in [4.69, 9.17) is 0 Å². The van der Waals surface area contributed by atoms with E-state index in [2.05, 4.69) is 21.3 Å². The van der Waals surface area contributed by atoms with Crippen LogP contribution in [0.25, 0.3) is 0 Å². The summed E-state index contributed by atoms with van der Waals surface area (Å²) in [6.45, 7) is 3.05. The Morgan fingerprint density at radius 3 is 2.36 bits per heavy atom. The highest BCUT2D eigenvalue weighted by Gasteiger charge is 2.42. The van der Waals surface area contributed by atoms with Crippen LogP contribution in [0.2, 0.25) is 0 Å². The Balaban J connectivity index is 0.00000225. The fourth-order valence-corrected chi connectivity index (χ4v) is 3.33. The molecule has 138 valence electrons. The minimum absolute atomic E-state index is 0. The third kappa shape index (κ3) is 5.09. The van der Waals surface area contributed by atoms with E-state index < -0.39 is 5.54 Å². The number of carbonyl (C=O) groups is 2. The lowest BCUT2D eigenvalue weighted by Gasteiger charge is -2.32. The third-order valence-corrected chi connectivity index (χ3v) is 4.96. The van der Waals surface area contributed by atoms with Gasteiger partial charge < -0.3 is 21.3 Å². The summed E-state index contributed by atoms with van der Waals surface area (Å²) in [5.74, 6) is 0.473. The molecule has 2 fully saturated rings. The number of hydrogen-bond acceptors (Lipinski definition) is 3. The highest BCUT2D eigenvalue weighted by Crippen LogP contribution is 2.30. The van der Waals surface area contributed by atoms with E-state index in [9.17, 15) is 9.59 Å². The maximum atomic E-state index is 12.6.